The summed E-state index contributed by atoms with van der Waals surface area (Å²) in [6.45, 7) is 13.1. The van der Waals surface area contributed by atoms with E-state index in [9.17, 15) is 4.79 Å². The van der Waals surface area contributed by atoms with Gasteiger partial charge in [-0.3, -0.25) is 0 Å². The van der Waals surface area contributed by atoms with Gasteiger partial charge in [0, 0.05) is 12.0 Å². The molecule has 1 aliphatic heterocycles. The third kappa shape index (κ3) is 3.17. The van der Waals surface area contributed by atoms with Gasteiger partial charge in [-0.25, -0.2) is 4.79 Å². The van der Waals surface area contributed by atoms with Crippen molar-refractivity contribution in [1.29, 1.82) is 0 Å². The van der Waals surface area contributed by atoms with Crippen LogP contribution in [0.25, 0.3) is 0 Å². The molecule has 1 unspecified atom stereocenters. The molecule has 3 nitrogen and oxygen atoms in total. The highest BCUT2D eigenvalue weighted by Crippen LogP contribution is 2.42. The summed E-state index contributed by atoms with van der Waals surface area (Å²) in [7, 11) is -1.79. The largest absolute Gasteiger partial charge is 0.434 e. The first-order chi connectivity index (χ1) is 9.50. The van der Waals surface area contributed by atoms with Crippen molar-refractivity contribution in [1.82, 2.24) is 0 Å². The molecule has 0 N–H and O–H groups in total. The van der Waals surface area contributed by atoms with E-state index in [4.69, 9.17) is 9.47 Å². The molecule has 0 aromatic heterocycles. The Hall–Kier alpha value is -0.613. The molecule has 1 atom stereocenters. The van der Waals surface area contributed by atoms with Gasteiger partial charge in [0.05, 0.1) is 6.61 Å². The standard InChI is InChI=1S/C16H30O3Si/c1-6-14(5)15(17)19-16(12-10-11-13-18-16)20(7-2,8-3)9-4/h5-13H2,1-4H3. The van der Waals surface area contributed by atoms with E-state index in [1.807, 2.05) is 6.92 Å². The second-order valence-electron chi connectivity index (χ2n) is 5.75. The van der Waals surface area contributed by atoms with E-state index < -0.39 is 13.5 Å². The number of hydrogen-bond acceptors (Lipinski definition) is 3. The number of ether oxygens (including phenoxy) is 2. The van der Waals surface area contributed by atoms with E-state index in [1.165, 1.54) is 0 Å². The zero-order chi connectivity index (χ0) is 15.2. The molecule has 0 bridgehead atoms. The lowest BCUT2D eigenvalue weighted by Gasteiger charge is -2.49. The first-order valence-corrected chi connectivity index (χ1v) is 10.7. The highest BCUT2D eigenvalue weighted by atomic mass is 28.3. The fourth-order valence-corrected chi connectivity index (χ4v) is 7.84. The Balaban J connectivity index is 3.08. The van der Waals surface area contributed by atoms with Gasteiger partial charge in [0.1, 0.15) is 8.07 Å². The van der Waals surface area contributed by atoms with Gasteiger partial charge in [0.15, 0.2) is 5.41 Å². The molecule has 0 radical (unpaired) electrons. The van der Waals surface area contributed by atoms with Crippen molar-refractivity contribution >= 4 is 14.0 Å². The first kappa shape index (κ1) is 17.4. The van der Waals surface area contributed by atoms with Crippen LogP contribution in [0.2, 0.25) is 18.1 Å². The molecule has 1 heterocycles. The Bertz CT molecular complexity index is 333. The van der Waals surface area contributed by atoms with Crippen LogP contribution in [0.3, 0.4) is 0 Å². The van der Waals surface area contributed by atoms with Gasteiger partial charge in [-0.1, -0.05) is 52.4 Å². The van der Waals surface area contributed by atoms with Crippen molar-refractivity contribution in [3.05, 3.63) is 12.2 Å². The predicted octanol–water partition coefficient (Wildman–Crippen LogP) is 4.44. The Morgan fingerprint density at radius 2 is 1.80 bits per heavy atom. The summed E-state index contributed by atoms with van der Waals surface area (Å²) in [6.07, 6.45) is 3.64. The second kappa shape index (κ2) is 7.41. The van der Waals surface area contributed by atoms with E-state index in [-0.39, 0.29) is 5.97 Å². The van der Waals surface area contributed by atoms with Crippen molar-refractivity contribution in [2.24, 2.45) is 0 Å². The summed E-state index contributed by atoms with van der Waals surface area (Å²) < 4.78 is 12.1. The topological polar surface area (TPSA) is 35.5 Å². The Labute approximate surface area is 124 Å². The third-order valence-electron chi connectivity index (χ3n) is 5.05. The van der Waals surface area contributed by atoms with Crippen LogP contribution < -0.4 is 0 Å². The van der Waals surface area contributed by atoms with E-state index in [0.717, 1.165) is 37.4 Å². The molecule has 0 aliphatic carbocycles. The molecule has 1 aliphatic rings. The molecular formula is C16H30O3Si. The van der Waals surface area contributed by atoms with Crippen molar-refractivity contribution in [2.75, 3.05) is 6.61 Å². The van der Waals surface area contributed by atoms with Crippen molar-refractivity contribution < 1.29 is 14.3 Å². The quantitative estimate of drug-likeness (QED) is 0.396. The highest BCUT2D eigenvalue weighted by Gasteiger charge is 2.55. The molecule has 1 fully saturated rings. The number of rotatable bonds is 7. The molecule has 4 heteroatoms. The Morgan fingerprint density at radius 3 is 2.20 bits per heavy atom. The van der Waals surface area contributed by atoms with Crippen LogP contribution >= 0.6 is 0 Å². The van der Waals surface area contributed by atoms with Gasteiger partial charge in [0.2, 0.25) is 0 Å². The highest BCUT2D eigenvalue weighted by molar-refractivity contribution is 6.82. The smallest absolute Gasteiger partial charge is 0.335 e. The molecule has 1 saturated heterocycles. The molecular weight excluding hydrogens is 268 g/mol. The van der Waals surface area contributed by atoms with Gasteiger partial charge in [-0.15, -0.1) is 0 Å². The fraction of sp³-hybridized carbons (Fsp3) is 0.812. The minimum absolute atomic E-state index is 0.262. The van der Waals surface area contributed by atoms with Crippen LogP contribution in [-0.4, -0.2) is 26.1 Å². The number of esters is 1. The van der Waals surface area contributed by atoms with Gasteiger partial charge in [0.25, 0.3) is 0 Å². The number of carbonyl (C=O) groups is 1. The average molecular weight is 298 g/mol. The summed E-state index contributed by atoms with van der Waals surface area (Å²) in [5, 5.41) is 0. The molecule has 0 amide bonds. The van der Waals surface area contributed by atoms with Crippen LogP contribution in [0.1, 0.15) is 53.4 Å². The van der Waals surface area contributed by atoms with Crippen molar-refractivity contribution in [3.63, 3.8) is 0 Å². The van der Waals surface area contributed by atoms with Crippen LogP contribution in [0.4, 0.5) is 0 Å². The second-order valence-corrected chi connectivity index (χ2v) is 11.2. The normalized spacial score (nSPS) is 23.4. The van der Waals surface area contributed by atoms with Gasteiger partial charge >= 0.3 is 5.97 Å². The van der Waals surface area contributed by atoms with Gasteiger partial charge in [-0.05, 0) is 19.3 Å². The van der Waals surface area contributed by atoms with E-state index in [2.05, 4.69) is 27.4 Å². The molecule has 20 heavy (non-hydrogen) atoms. The number of carbonyl (C=O) groups excluding carboxylic acids is 1. The predicted molar refractivity (Wildman–Crippen MR) is 85.3 cm³/mol. The third-order valence-corrected chi connectivity index (χ3v) is 11.2. The Morgan fingerprint density at radius 1 is 1.20 bits per heavy atom. The molecule has 116 valence electrons. The maximum atomic E-state index is 12.3. The van der Waals surface area contributed by atoms with Crippen LogP contribution in [-0.2, 0) is 14.3 Å². The maximum Gasteiger partial charge on any atom is 0.335 e. The van der Waals surface area contributed by atoms with Crippen LogP contribution in [0.5, 0.6) is 0 Å². The van der Waals surface area contributed by atoms with E-state index in [1.54, 1.807) is 0 Å². The van der Waals surface area contributed by atoms with Gasteiger partial charge in [-0.2, -0.15) is 0 Å². The molecule has 1 rings (SSSR count). The first-order valence-electron chi connectivity index (χ1n) is 8.05. The van der Waals surface area contributed by atoms with Gasteiger partial charge < -0.3 is 9.47 Å². The molecule has 0 saturated carbocycles. The minimum atomic E-state index is -1.79. The number of hydrogen-bond donors (Lipinski definition) is 0. The summed E-state index contributed by atoms with van der Waals surface area (Å²) in [4.78, 5) is 12.3. The zero-order valence-electron chi connectivity index (χ0n) is 13.6. The minimum Gasteiger partial charge on any atom is -0.434 e. The summed E-state index contributed by atoms with van der Waals surface area (Å²) in [6, 6.07) is 3.27. The van der Waals surface area contributed by atoms with Crippen LogP contribution in [0, 0.1) is 0 Å². The van der Waals surface area contributed by atoms with E-state index in [0.29, 0.717) is 18.6 Å². The lowest BCUT2D eigenvalue weighted by atomic mass is 10.2. The SMILES string of the molecule is C=C(CC)C(=O)OC1([Si](CC)(CC)CC)CCCCO1. The summed E-state index contributed by atoms with van der Waals surface area (Å²) >= 11 is 0. The zero-order valence-corrected chi connectivity index (χ0v) is 14.6. The average Bonchev–Trinajstić information content (AvgIpc) is 2.49. The summed E-state index contributed by atoms with van der Waals surface area (Å²) in [5.41, 5.74) is -0.0802. The monoisotopic (exact) mass is 298 g/mol. The van der Waals surface area contributed by atoms with Crippen molar-refractivity contribution in [2.45, 2.75) is 76.9 Å². The maximum absolute atomic E-state index is 12.3. The molecule has 0 aromatic rings. The molecule has 0 spiro atoms. The van der Waals surface area contributed by atoms with E-state index >= 15 is 0 Å². The summed E-state index contributed by atoms with van der Waals surface area (Å²) in [5.74, 6) is -0.262. The van der Waals surface area contributed by atoms with Crippen LogP contribution in [0.15, 0.2) is 12.2 Å². The van der Waals surface area contributed by atoms with Crippen molar-refractivity contribution in [3.8, 4) is 0 Å². The molecule has 0 aromatic carbocycles. The Kier molecular flexibility index (Phi) is 6.46. The lowest BCUT2D eigenvalue weighted by Crippen LogP contribution is -2.62. The fourth-order valence-electron chi connectivity index (χ4n) is 3.30. The lowest BCUT2D eigenvalue weighted by molar-refractivity contribution is -0.208.